The van der Waals surface area contributed by atoms with Gasteiger partial charge in [-0.15, -0.1) is 0 Å². The van der Waals surface area contributed by atoms with E-state index in [9.17, 15) is 10.2 Å². The summed E-state index contributed by atoms with van der Waals surface area (Å²) in [4.78, 5) is 0. The second kappa shape index (κ2) is 18.3. The molecule has 5 heteroatoms. The van der Waals surface area contributed by atoms with Crippen LogP contribution in [0.4, 0.5) is 0 Å². The Morgan fingerprint density at radius 1 is 0.897 bits per heavy atom. The third-order valence-corrected chi connectivity index (χ3v) is 5.71. The zero-order valence-corrected chi connectivity index (χ0v) is 18.6. The Morgan fingerprint density at radius 2 is 1.45 bits per heavy atom. The monoisotopic (exact) mass is 414 g/mol. The Balaban J connectivity index is 1.81. The molecule has 0 spiro atoms. The first-order valence-electron chi connectivity index (χ1n) is 12.1. The first-order valence-corrected chi connectivity index (χ1v) is 12.1. The Kier molecular flexibility index (Phi) is 16.8. The van der Waals surface area contributed by atoms with E-state index >= 15 is 0 Å². The molecule has 0 aromatic rings. The lowest BCUT2D eigenvalue weighted by atomic mass is 10.0. The van der Waals surface area contributed by atoms with Gasteiger partial charge in [-0.25, -0.2) is 0 Å². The summed E-state index contributed by atoms with van der Waals surface area (Å²) in [6, 6.07) is 0. The highest BCUT2D eigenvalue weighted by Gasteiger charge is 2.40. The molecule has 1 aliphatic heterocycles. The third kappa shape index (κ3) is 12.7. The fourth-order valence-corrected chi connectivity index (χ4v) is 3.80. The van der Waals surface area contributed by atoms with E-state index < -0.39 is 31.0 Å². The Bertz CT molecular complexity index is 387. The van der Waals surface area contributed by atoms with Gasteiger partial charge in [0.05, 0.1) is 13.2 Å². The van der Waals surface area contributed by atoms with Gasteiger partial charge in [0.1, 0.15) is 24.4 Å². The van der Waals surface area contributed by atoms with Gasteiger partial charge in [0.15, 0.2) is 0 Å². The molecule has 0 aromatic heterocycles. The van der Waals surface area contributed by atoms with E-state index in [0.29, 0.717) is 6.61 Å². The van der Waals surface area contributed by atoms with E-state index in [1.54, 1.807) is 0 Å². The van der Waals surface area contributed by atoms with Crippen molar-refractivity contribution in [1.82, 2.24) is 0 Å². The fourth-order valence-electron chi connectivity index (χ4n) is 3.80. The zero-order valence-electron chi connectivity index (χ0n) is 18.6. The summed E-state index contributed by atoms with van der Waals surface area (Å²) in [7, 11) is 0. The van der Waals surface area contributed by atoms with Crippen LogP contribution >= 0.6 is 0 Å². The summed E-state index contributed by atoms with van der Waals surface area (Å²) < 4.78 is 11.0. The van der Waals surface area contributed by atoms with Gasteiger partial charge < -0.3 is 24.8 Å². The molecule has 0 aliphatic carbocycles. The van der Waals surface area contributed by atoms with Gasteiger partial charge in [0, 0.05) is 6.61 Å². The predicted octanol–water partition coefficient (Wildman–Crippen LogP) is 4.52. The number of aliphatic hydroxyl groups is 3. The van der Waals surface area contributed by atoms with Crippen LogP contribution in [-0.2, 0) is 9.47 Å². The van der Waals surface area contributed by atoms with E-state index in [0.717, 1.165) is 12.8 Å². The normalized spacial score (nSPS) is 23.2. The van der Waals surface area contributed by atoms with Gasteiger partial charge in [0.2, 0.25) is 0 Å². The van der Waals surface area contributed by atoms with Crippen molar-refractivity contribution in [2.75, 3.05) is 19.8 Å². The van der Waals surface area contributed by atoms with Gasteiger partial charge in [-0.3, -0.25) is 0 Å². The number of hydrogen-bond donors (Lipinski definition) is 3. The lowest BCUT2D eigenvalue weighted by Crippen LogP contribution is -2.41. The number of unbranched alkanes of at least 4 members (excludes halogenated alkanes) is 12. The molecule has 0 unspecified atom stereocenters. The quantitative estimate of drug-likeness (QED) is 0.214. The van der Waals surface area contributed by atoms with E-state index in [1.807, 2.05) is 0 Å². The van der Waals surface area contributed by atoms with Crippen molar-refractivity contribution in [2.45, 2.75) is 121 Å². The maximum Gasteiger partial charge on any atom is 0.114 e. The third-order valence-electron chi connectivity index (χ3n) is 5.71. The van der Waals surface area contributed by atoms with Gasteiger partial charge in [-0.05, 0) is 25.7 Å². The topological polar surface area (TPSA) is 79.2 Å². The Hall–Kier alpha value is -0.460. The van der Waals surface area contributed by atoms with Crippen LogP contribution in [0, 0.1) is 0 Å². The first-order chi connectivity index (χ1) is 14.2. The molecule has 1 aliphatic rings. The summed E-state index contributed by atoms with van der Waals surface area (Å²) in [6.07, 6.45) is 19.5. The van der Waals surface area contributed by atoms with Crippen molar-refractivity contribution in [2.24, 2.45) is 0 Å². The number of aliphatic hydroxyl groups excluding tert-OH is 3. The average molecular weight is 415 g/mol. The highest BCUT2D eigenvalue weighted by Crippen LogP contribution is 2.20. The zero-order chi connectivity index (χ0) is 21.2. The second-order valence-corrected chi connectivity index (χ2v) is 8.39. The summed E-state index contributed by atoms with van der Waals surface area (Å²) in [5.41, 5.74) is 0. The second-order valence-electron chi connectivity index (χ2n) is 8.39. The fraction of sp³-hybridized carbons (Fsp3) is 0.917. The first kappa shape index (κ1) is 26.6. The van der Waals surface area contributed by atoms with E-state index in [4.69, 9.17) is 14.6 Å². The summed E-state index contributed by atoms with van der Waals surface area (Å²) in [5, 5.41) is 28.6. The molecule has 172 valence electrons. The highest BCUT2D eigenvalue weighted by atomic mass is 16.6. The summed E-state index contributed by atoms with van der Waals surface area (Å²) in [5.74, 6) is 0. The average Bonchev–Trinajstić information content (AvgIpc) is 3.10. The van der Waals surface area contributed by atoms with Gasteiger partial charge in [-0.2, -0.15) is 0 Å². The number of hydrogen-bond acceptors (Lipinski definition) is 5. The molecule has 0 radical (unpaired) electrons. The maximum atomic E-state index is 10.1. The van der Waals surface area contributed by atoms with Crippen LogP contribution in [0.1, 0.15) is 96.8 Å². The van der Waals surface area contributed by atoms with Crippen molar-refractivity contribution >= 4 is 0 Å². The molecule has 3 N–H and O–H groups in total. The van der Waals surface area contributed by atoms with Crippen LogP contribution in [0.15, 0.2) is 12.2 Å². The molecular formula is C24H46O5. The van der Waals surface area contributed by atoms with Crippen LogP contribution in [0.25, 0.3) is 0 Å². The Morgan fingerprint density at radius 3 is 2.03 bits per heavy atom. The van der Waals surface area contributed by atoms with Crippen molar-refractivity contribution in [3.8, 4) is 0 Å². The van der Waals surface area contributed by atoms with Gasteiger partial charge in [-0.1, -0.05) is 83.3 Å². The van der Waals surface area contributed by atoms with E-state index in [1.165, 1.54) is 77.0 Å². The highest BCUT2D eigenvalue weighted by molar-refractivity contribution is 4.88. The minimum absolute atomic E-state index is 0.276. The molecule has 1 saturated heterocycles. The predicted molar refractivity (Wildman–Crippen MR) is 118 cm³/mol. The van der Waals surface area contributed by atoms with Crippen molar-refractivity contribution < 1.29 is 24.8 Å². The molecule has 1 rings (SSSR count). The van der Waals surface area contributed by atoms with Crippen LogP contribution in [-0.4, -0.2) is 59.6 Å². The number of ether oxygens (including phenoxy) is 2. The molecule has 0 amide bonds. The van der Waals surface area contributed by atoms with Crippen molar-refractivity contribution in [3.05, 3.63) is 12.2 Å². The number of allylic oxidation sites excluding steroid dienone is 2. The molecular weight excluding hydrogens is 368 g/mol. The summed E-state index contributed by atoms with van der Waals surface area (Å²) >= 11 is 0. The molecule has 0 aromatic carbocycles. The molecule has 5 nitrogen and oxygen atoms in total. The SMILES string of the molecule is CCC/C=C/CCCCCCCCCCCCCO[C@H]1CO[C@H]([C@H](O)CO)[C@@H]1O. The molecule has 0 saturated carbocycles. The Labute approximate surface area is 178 Å². The standard InChI is InChI=1S/C24H46O5/c1-2-3-4-5-6-7-8-9-10-11-12-13-14-15-16-17-18-28-22-20-29-24(23(22)27)21(26)19-25/h4-5,21-27H,2-3,6-20H2,1H3/b5-4+/t21-,22+,23-,24-/m1/s1. The van der Waals surface area contributed by atoms with Crippen LogP contribution in [0.5, 0.6) is 0 Å². The van der Waals surface area contributed by atoms with E-state index in [-0.39, 0.29) is 6.61 Å². The van der Waals surface area contributed by atoms with Crippen LogP contribution in [0.3, 0.4) is 0 Å². The van der Waals surface area contributed by atoms with Crippen molar-refractivity contribution in [1.29, 1.82) is 0 Å². The minimum atomic E-state index is -1.05. The van der Waals surface area contributed by atoms with Crippen molar-refractivity contribution in [3.63, 3.8) is 0 Å². The minimum Gasteiger partial charge on any atom is -0.394 e. The van der Waals surface area contributed by atoms with Gasteiger partial charge in [0.25, 0.3) is 0 Å². The molecule has 1 fully saturated rings. The lowest BCUT2D eigenvalue weighted by molar-refractivity contribution is -0.0730. The summed E-state index contributed by atoms with van der Waals surface area (Å²) in [6.45, 7) is 2.70. The molecule has 0 bridgehead atoms. The molecule has 29 heavy (non-hydrogen) atoms. The largest absolute Gasteiger partial charge is 0.394 e. The lowest BCUT2D eigenvalue weighted by Gasteiger charge is -2.20. The maximum absolute atomic E-state index is 10.1. The smallest absolute Gasteiger partial charge is 0.114 e. The van der Waals surface area contributed by atoms with Crippen LogP contribution < -0.4 is 0 Å². The molecule has 4 atom stereocenters. The van der Waals surface area contributed by atoms with Crippen LogP contribution in [0.2, 0.25) is 0 Å². The molecule has 1 heterocycles. The van der Waals surface area contributed by atoms with Gasteiger partial charge >= 0.3 is 0 Å². The number of rotatable bonds is 19. The van der Waals surface area contributed by atoms with E-state index in [2.05, 4.69) is 19.1 Å².